The zero-order valence-corrected chi connectivity index (χ0v) is 14.9. The quantitative estimate of drug-likeness (QED) is 0.879. The van der Waals surface area contributed by atoms with Gasteiger partial charge in [-0.1, -0.05) is 22.9 Å². The predicted molar refractivity (Wildman–Crippen MR) is 89.2 cm³/mol. The molecule has 2 atom stereocenters. The summed E-state index contributed by atoms with van der Waals surface area (Å²) in [4.78, 5) is 2.40. The highest BCUT2D eigenvalue weighted by molar-refractivity contribution is 9.10. The van der Waals surface area contributed by atoms with Gasteiger partial charge in [-0.3, -0.25) is 0 Å². The highest BCUT2D eigenvalue weighted by Gasteiger charge is 2.23. The third kappa shape index (κ3) is 4.11. The minimum Gasteiger partial charge on any atom is -0.493 e. The van der Waals surface area contributed by atoms with E-state index in [0.29, 0.717) is 12.0 Å². The third-order valence-corrected chi connectivity index (χ3v) is 4.95. The van der Waals surface area contributed by atoms with Gasteiger partial charge in [-0.25, -0.2) is 0 Å². The van der Waals surface area contributed by atoms with Crippen LogP contribution in [0.3, 0.4) is 0 Å². The lowest BCUT2D eigenvalue weighted by molar-refractivity contribution is 0.174. The van der Waals surface area contributed by atoms with Crippen molar-refractivity contribution in [1.29, 1.82) is 0 Å². The van der Waals surface area contributed by atoms with Gasteiger partial charge in [0, 0.05) is 23.6 Å². The van der Waals surface area contributed by atoms with Gasteiger partial charge in [-0.2, -0.15) is 0 Å². The number of rotatable bonds is 5. The van der Waals surface area contributed by atoms with Gasteiger partial charge in [0.05, 0.1) is 14.2 Å². The molecule has 1 aromatic carbocycles. The van der Waals surface area contributed by atoms with Gasteiger partial charge in [-0.15, -0.1) is 0 Å². The van der Waals surface area contributed by atoms with Crippen LogP contribution in [-0.4, -0.2) is 45.3 Å². The van der Waals surface area contributed by atoms with Crippen LogP contribution < -0.4 is 14.8 Å². The lowest BCUT2D eigenvalue weighted by atomic mass is 9.94. The van der Waals surface area contributed by atoms with Crippen molar-refractivity contribution in [3.05, 3.63) is 22.2 Å². The van der Waals surface area contributed by atoms with Crippen molar-refractivity contribution in [2.75, 3.05) is 34.4 Å². The SMILES string of the molecule is COc1cc(Br)c(CNC2CCN(C)CC2C)cc1OC. The van der Waals surface area contributed by atoms with E-state index in [-0.39, 0.29) is 0 Å². The molecule has 4 nitrogen and oxygen atoms in total. The summed E-state index contributed by atoms with van der Waals surface area (Å²) in [6.45, 7) is 5.47. The van der Waals surface area contributed by atoms with Crippen molar-refractivity contribution in [3.63, 3.8) is 0 Å². The number of ether oxygens (including phenoxy) is 2. The highest BCUT2D eigenvalue weighted by Crippen LogP contribution is 2.33. The number of nitrogens with zero attached hydrogens (tertiary/aromatic N) is 1. The summed E-state index contributed by atoms with van der Waals surface area (Å²) < 4.78 is 11.7. The maximum Gasteiger partial charge on any atom is 0.161 e. The van der Waals surface area contributed by atoms with Crippen molar-refractivity contribution in [1.82, 2.24) is 10.2 Å². The Hall–Kier alpha value is -0.780. The van der Waals surface area contributed by atoms with Gasteiger partial charge in [0.1, 0.15) is 0 Å². The number of nitrogens with one attached hydrogen (secondary N) is 1. The average Bonchev–Trinajstić information content (AvgIpc) is 2.47. The molecule has 0 aliphatic carbocycles. The van der Waals surface area contributed by atoms with Crippen molar-refractivity contribution in [2.24, 2.45) is 5.92 Å². The van der Waals surface area contributed by atoms with Gasteiger partial charge in [0.25, 0.3) is 0 Å². The van der Waals surface area contributed by atoms with E-state index in [9.17, 15) is 0 Å². The Labute approximate surface area is 135 Å². The molecule has 5 heteroatoms. The number of likely N-dealkylation sites (tertiary alicyclic amines) is 1. The molecule has 0 spiro atoms. The van der Waals surface area contributed by atoms with E-state index < -0.39 is 0 Å². The molecule has 2 unspecified atom stereocenters. The van der Waals surface area contributed by atoms with Gasteiger partial charge in [0.15, 0.2) is 11.5 Å². The summed E-state index contributed by atoms with van der Waals surface area (Å²) in [5.41, 5.74) is 1.19. The van der Waals surface area contributed by atoms with Crippen molar-refractivity contribution in [3.8, 4) is 11.5 Å². The van der Waals surface area contributed by atoms with Crippen LogP contribution in [0, 0.1) is 5.92 Å². The zero-order chi connectivity index (χ0) is 15.4. The van der Waals surface area contributed by atoms with Crippen LogP contribution >= 0.6 is 15.9 Å². The Morgan fingerprint density at radius 2 is 1.95 bits per heavy atom. The fourth-order valence-corrected chi connectivity index (χ4v) is 3.39. The molecule has 0 radical (unpaired) electrons. The van der Waals surface area contributed by atoms with Crippen LogP contribution in [0.2, 0.25) is 0 Å². The summed E-state index contributed by atoms with van der Waals surface area (Å²) in [6, 6.07) is 4.57. The largest absolute Gasteiger partial charge is 0.493 e. The molecule has 0 aromatic heterocycles. The van der Waals surface area contributed by atoms with E-state index in [2.05, 4.69) is 40.1 Å². The number of hydrogen-bond donors (Lipinski definition) is 1. The first-order chi connectivity index (χ1) is 10.0. The van der Waals surface area contributed by atoms with Crippen LogP contribution in [0.5, 0.6) is 11.5 Å². The summed E-state index contributed by atoms with van der Waals surface area (Å²) in [5.74, 6) is 2.19. The second-order valence-corrected chi connectivity index (χ2v) is 6.67. The smallest absolute Gasteiger partial charge is 0.161 e. The van der Waals surface area contributed by atoms with Crippen molar-refractivity contribution in [2.45, 2.75) is 25.9 Å². The summed E-state index contributed by atoms with van der Waals surface area (Å²) in [6.07, 6.45) is 1.20. The molecule has 2 rings (SSSR count). The van der Waals surface area contributed by atoms with Crippen LogP contribution in [0.1, 0.15) is 18.9 Å². The van der Waals surface area contributed by atoms with E-state index in [0.717, 1.165) is 35.6 Å². The Balaban J connectivity index is 2.03. The monoisotopic (exact) mass is 356 g/mol. The molecule has 21 heavy (non-hydrogen) atoms. The first-order valence-corrected chi connectivity index (χ1v) is 8.16. The molecule has 0 amide bonds. The van der Waals surface area contributed by atoms with Crippen LogP contribution in [0.25, 0.3) is 0 Å². The topological polar surface area (TPSA) is 33.7 Å². The molecule has 0 bridgehead atoms. The first-order valence-electron chi connectivity index (χ1n) is 7.37. The molecule has 1 N–H and O–H groups in total. The van der Waals surface area contributed by atoms with Crippen LogP contribution in [-0.2, 0) is 6.54 Å². The van der Waals surface area contributed by atoms with Gasteiger partial charge >= 0.3 is 0 Å². The molecule has 1 fully saturated rings. The fourth-order valence-electron chi connectivity index (χ4n) is 2.93. The number of piperidine rings is 1. The normalized spacial score (nSPS) is 23.1. The Morgan fingerprint density at radius 1 is 1.29 bits per heavy atom. The first kappa shape index (κ1) is 16.6. The fraction of sp³-hybridized carbons (Fsp3) is 0.625. The Kier molecular flexibility index (Phi) is 5.90. The highest BCUT2D eigenvalue weighted by atomic mass is 79.9. The van der Waals surface area contributed by atoms with E-state index in [4.69, 9.17) is 9.47 Å². The molecular weight excluding hydrogens is 332 g/mol. The number of hydrogen-bond acceptors (Lipinski definition) is 4. The third-order valence-electron chi connectivity index (χ3n) is 4.22. The van der Waals surface area contributed by atoms with Gasteiger partial charge in [-0.05, 0) is 43.6 Å². The molecule has 118 valence electrons. The zero-order valence-electron chi connectivity index (χ0n) is 13.3. The van der Waals surface area contributed by atoms with Crippen LogP contribution in [0.15, 0.2) is 16.6 Å². The maximum atomic E-state index is 5.38. The molecule has 1 saturated heterocycles. The molecule has 1 heterocycles. The standard InChI is InChI=1S/C16H25BrN2O2/c1-11-10-19(2)6-5-14(11)18-9-12-7-15(20-3)16(21-4)8-13(12)17/h7-8,11,14,18H,5-6,9-10H2,1-4H3. The Morgan fingerprint density at radius 3 is 2.57 bits per heavy atom. The van der Waals surface area contributed by atoms with E-state index in [1.807, 2.05) is 12.1 Å². The lowest BCUT2D eigenvalue weighted by Crippen LogP contribution is -2.46. The Bertz CT molecular complexity index is 482. The number of halogens is 1. The minimum atomic E-state index is 0.571. The summed E-state index contributed by atoms with van der Waals surface area (Å²) in [5, 5.41) is 3.68. The lowest BCUT2D eigenvalue weighted by Gasteiger charge is -2.35. The molecule has 1 aromatic rings. The second kappa shape index (κ2) is 7.47. The maximum absolute atomic E-state index is 5.38. The van der Waals surface area contributed by atoms with Crippen molar-refractivity contribution < 1.29 is 9.47 Å². The van der Waals surface area contributed by atoms with Gasteiger partial charge < -0.3 is 19.7 Å². The summed E-state index contributed by atoms with van der Waals surface area (Å²) in [7, 11) is 5.52. The summed E-state index contributed by atoms with van der Waals surface area (Å²) >= 11 is 3.62. The van der Waals surface area contributed by atoms with Gasteiger partial charge in [0.2, 0.25) is 0 Å². The predicted octanol–water partition coefficient (Wildman–Crippen LogP) is 2.90. The molecule has 0 saturated carbocycles. The van der Waals surface area contributed by atoms with E-state index in [1.165, 1.54) is 12.0 Å². The second-order valence-electron chi connectivity index (χ2n) is 5.81. The van der Waals surface area contributed by atoms with E-state index in [1.54, 1.807) is 14.2 Å². The minimum absolute atomic E-state index is 0.571. The number of benzene rings is 1. The molecule has 1 aliphatic rings. The van der Waals surface area contributed by atoms with Crippen LogP contribution in [0.4, 0.5) is 0 Å². The van der Waals surface area contributed by atoms with E-state index >= 15 is 0 Å². The van der Waals surface area contributed by atoms with Crippen molar-refractivity contribution >= 4 is 15.9 Å². The average molecular weight is 357 g/mol. The number of methoxy groups -OCH3 is 2. The molecule has 1 aliphatic heterocycles. The molecular formula is C16H25BrN2O2.